The van der Waals surface area contributed by atoms with Gasteiger partial charge >= 0.3 is 39.5 Å². The van der Waals surface area contributed by atoms with Gasteiger partial charge in [-0.2, -0.15) is 0 Å². The van der Waals surface area contributed by atoms with E-state index in [0.29, 0.717) is 25.7 Å². The summed E-state index contributed by atoms with van der Waals surface area (Å²) in [6.45, 7) is 12.1. The van der Waals surface area contributed by atoms with E-state index in [1.165, 1.54) is 289 Å². The van der Waals surface area contributed by atoms with Gasteiger partial charge in [-0.25, -0.2) is 9.13 Å². The molecule has 0 aromatic heterocycles. The lowest BCUT2D eigenvalue weighted by molar-refractivity contribution is -0.161. The number of phosphoric acid groups is 2. The van der Waals surface area contributed by atoms with Gasteiger partial charge in [0.2, 0.25) is 0 Å². The lowest BCUT2D eigenvalue weighted by Gasteiger charge is -2.21. The maximum Gasteiger partial charge on any atom is 0.472 e. The van der Waals surface area contributed by atoms with E-state index < -0.39 is 97.5 Å². The molecule has 0 aliphatic rings. The zero-order valence-corrected chi connectivity index (χ0v) is 73.8. The molecule has 3 unspecified atom stereocenters. The second-order valence-electron chi connectivity index (χ2n) is 33.5. The average Bonchev–Trinajstić information content (AvgIpc) is 0.898. The number of ether oxygens (including phenoxy) is 4. The molecule has 0 saturated heterocycles. The Kier molecular flexibility index (Phi) is 78.5. The molecule has 0 aromatic rings. The van der Waals surface area contributed by atoms with Crippen LogP contribution < -0.4 is 0 Å². The van der Waals surface area contributed by atoms with Crippen molar-refractivity contribution in [2.75, 3.05) is 39.6 Å². The molecule has 0 amide bonds. The number of aliphatic hydroxyl groups excluding tert-OH is 1. The summed E-state index contributed by atoms with van der Waals surface area (Å²) in [6, 6.07) is 0. The van der Waals surface area contributed by atoms with E-state index in [-0.39, 0.29) is 25.7 Å². The highest BCUT2D eigenvalue weighted by molar-refractivity contribution is 7.47. The number of esters is 4. The number of aliphatic hydroxyl groups is 1. The Morgan fingerprint density at radius 3 is 0.697 bits per heavy atom. The molecule has 0 aromatic carbocycles. The highest BCUT2D eigenvalue weighted by Crippen LogP contribution is 2.45. The molecule has 0 heterocycles. The van der Waals surface area contributed by atoms with Gasteiger partial charge in [-0.15, -0.1) is 0 Å². The topological polar surface area (TPSA) is 237 Å². The highest BCUT2D eigenvalue weighted by Gasteiger charge is 2.31. The van der Waals surface area contributed by atoms with E-state index in [0.717, 1.165) is 108 Å². The minimum absolute atomic E-state index is 0.108. The predicted octanol–water partition coefficient (Wildman–Crippen LogP) is 27.6. The quantitative estimate of drug-likeness (QED) is 0.0222. The van der Waals surface area contributed by atoms with Gasteiger partial charge in [-0.05, 0) is 43.4 Å². The first kappa shape index (κ1) is 107. The van der Waals surface area contributed by atoms with Crippen molar-refractivity contribution in [2.45, 2.75) is 497 Å². The lowest BCUT2D eigenvalue weighted by atomic mass is 9.99. The van der Waals surface area contributed by atoms with Crippen molar-refractivity contribution in [1.82, 2.24) is 0 Å². The Labute approximate surface area is 670 Å². The van der Waals surface area contributed by atoms with Gasteiger partial charge in [-0.1, -0.05) is 427 Å². The number of unbranched alkanes of at least 4 members (excludes halogenated alkanes) is 55. The van der Waals surface area contributed by atoms with Gasteiger partial charge in [0.1, 0.15) is 19.3 Å². The molecule has 0 aliphatic heterocycles. The SMILES string of the molecule is CCCCCCCCCCCCCCCCCCCC(=O)O[C@H](COC(=O)CCCCCCCCCCCC(C)C)COP(=O)(O)OC[C@H](O)COP(=O)(O)OC[C@@H](COC(=O)CCCCCCCCCCCCCCCCCC(C)C)OC(=O)CCCCCCCCCCCCCCCCCCCCC(C)CC. The van der Waals surface area contributed by atoms with Crippen LogP contribution >= 0.6 is 15.6 Å². The number of hydrogen-bond donors (Lipinski definition) is 3. The smallest absolute Gasteiger partial charge is 0.462 e. The van der Waals surface area contributed by atoms with Crippen molar-refractivity contribution in [3.8, 4) is 0 Å². The second kappa shape index (κ2) is 79.9. The van der Waals surface area contributed by atoms with Crippen LogP contribution in [0.2, 0.25) is 0 Å². The average molecular weight is 1590 g/mol. The van der Waals surface area contributed by atoms with E-state index in [9.17, 15) is 43.2 Å². The molecule has 0 spiro atoms. The van der Waals surface area contributed by atoms with Crippen molar-refractivity contribution in [3.63, 3.8) is 0 Å². The summed E-state index contributed by atoms with van der Waals surface area (Å²) in [7, 11) is -9.94. The molecule has 0 saturated carbocycles. The van der Waals surface area contributed by atoms with Crippen molar-refractivity contribution in [2.24, 2.45) is 17.8 Å². The van der Waals surface area contributed by atoms with E-state index in [1.807, 2.05) is 0 Å². The molecule has 648 valence electrons. The number of phosphoric ester groups is 2. The first-order valence-corrected chi connectivity index (χ1v) is 49.4. The minimum Gasteiger partial charge on any atom is -0.462 e. The van der Waals surface area contributed by atoms with E-state index in [2.05, 4.69) is 48.5 Å². The molecule has 3 N–H and O–H groups in total. The van der Waals surface area contributed by atoms with Gasteiger partial charge < -0.3 is 33.8 Å². The summed E-state index contributed by atoms with van der Waals surface area (Å²) in [6.07, 6.45) is 72.2. The van der Waals surface area contributed by atoms with Crippen LogP contribution in [0, 0.1) is 17.8 Å². The summed E-state index contributed by atoms with van der Waals surface area (Å²) in [5, 5.41) is 10.7. The Morgan fingerprint density at radius 2 is 0.468 bits per heavy atom. The fraction of sp³-hybridized carbons (Fsp3) is 0.956. The summed E-state index contributed by atoms with van der Waals surface area (Å²) in [4.78, 5) is 73.4. The number of rotatable bonds is 88. The van der Waals surface area contributed by atoms with Crippen molar-refractivity contribution >= 4 is 39.5 Å². The van der Waals surface area contributed by atoms with Gasteiger partial charge in [0.15, 0.2) is 12.2 Å². The van der Waals surface area contributed by atoms with Crippen LogP contribution in [0.5, 0.6) is 0 Å². The van der Waals surface area contributed by atoms with Crippen LogP contribution in [-0.2, 0) is 65.4 Å². The summed E-state index contributed by atoms with van der Waals surface area (Å²) in [5.41, 5.74) is 0. The minimum atomic E-state index is -4.97. The Balaban J connectivity index is 5.25. The Hall–Kier alpha value is -1.94. The summed E-state index contributed by atoms with van der Waals surface area (Å²) >= 11 is 0. The van der Waals surface area contributed by atoms with E-state index in [1.54, 1.807) is 0 Å². The highest BCUT2D eigenvalue weighted by atomic mass is 31.2. The molecular weight excluding hydrogens is 1410 g/mol. The van der Waals surface area contributed by atoms with Crippen molar-refractivity contribution in [3.05, 3.63) is 0 Å². The maximum atomic E-state index is 13.2. The summed E-state index contributed by atoms with van der Waals surface area (Å²) < 4.78 is 69.0. The van der Waals surface area contributed by atoms with Gasteiger partial charge in [0.05, 0.1) is 26.4 Å². The third-order valence-electron chi connectivity index (χ3n) is 21.5. The van der Waals surface area contributed by atoms with Crippen LogP contribution in [-0.4, -0.2) is 96.7 Å². The van der Waals surface area contributed by atoms with E-state index in [4.69, 9.17) is 37.0 Å². The molecule has 19 heteroatoms. The first-order valence-electron chi connectivity index (χ1n) is 46.4. The third kappa shape index (κ3) is 82.4. The largest absolute Gasteiger partial charge is 0.472 e. The van der Waals surface area contributed by atoms with Crippen LogP contribution in [0.15, 0.2) is 0 Å². The van der Waals surface area contributed by atoms with Crippen LogP contribution in [0.4, 0.5) is 0 Å². The number of hydrogen-bond acceptors (Lipinski definition) is 15. The fourth-order valence-corrected chi connectivity index (χ4v) is 15.6. The molecule has 0 bridgehead atoms. The standard InChI is InChI=1S/C90H176O17P2/c1-8-10-11-12-13-14-15-16-17-20-26-32-37-44-52-59-66-73-90(95)107-86(78-101-88(93)72-65-58-51-46-39-41-48-55-62-69-82(5)6)80-105-109(98,99)103-76-84(91)75-102-108(96,97)104-79-85(77-100-87(92)71-64-57-50-43-36-31-28-23-24-29-34-40-47-54-61-68-81(3)4)106-89(94)74-67-60-53-45-38-33-27-22-19-18-21-25-30-35-42-49-56-63-70-83(7)9-2/h81-86,91H,8-80H2,1-7H3,(H,96,97)(H,98,99)/t83?,84-,85-,86-/m1/s1. The summed E-state index contributed by atoms with van der Waals surface area (Å²) in [5.74, 6) is 0.322. The lowest BCUT2D eigenvalue weighted by Crippen LogP contribution is -2.30. The van der Waals surface area contributed by atoms with Gasteiger partial charge in [0.25, 0.3) is 0 Å². The van der Waals surface area contributed by atoms with Crippen LogP contribution in [0.25, 0.3) is 0 Å². The van der Waals surface area contributed by atoms with E-state index >= 15 is 0 Å². The van der Waals surface area contributed by atoms with Crippen molar-refractivity contribution in [1.29, 1.82) is 0 Å². The molecule has 0 fully saturated rings. The van der Waals surface area contributed by atoms with Crippen LogP contribution in [0.3, 0.4) is 0 Å². The fourth-order valence-electron chi connectivity index (χ4n) is 14.0. The molecular formula is C90H176O17P2. The number of carbonyl (C=O) groups excluding carboxylic acids is 4. The molecule has 0 aliphatic carbocycles. The Morgan fingerprint density at radius 1 is 0.266 bits per heavy atom. The third-order valence-corrected chi connectivity index (χ3v) is 23.4. The number of carbonyl (C=O) groups is 4. The van der Waals surface area contributed by atoms with Crippen LogP contribution in [0.1, 0.15) is 479 Å². The molecule has 0 radical (unpaired) electrons. The first-order chi connectivity index (χ1) is 52.8. The predicted molar refractivity (Wildman–Crippen MR) is 451 cm³/mol. The Bertz CT molecular complexity index is 2100. The maximum absolute atomic E-state index is 13.2. The van der Waals surface area contributed by atoms with Gasteiger partial charge in [0, 0.05) is 25.7 Å². The van der Waals surface area contributed by atoms with Gasteiger partial charge in [-0.3, -0.25) is 37.3 Å². The zero-order chi connectivity index (χ0) is 80.0. The molecule has 109 heavy (non-hydrogen) atoms. The molecule has 17 nitrogen and oxygen atoms in total. The second-order valence-corrected chi connectivity index (χ2v) is 36.4. The monoisotopic (exact) mass is 1590 g/mol. The molecule has 0 rings (SSSR count). The molecule has 6 atom stereocenters. The normalized spacial score (nSPS) is 14.1. The van der Waals surface area contributed by atoms with Crippen molar-refractivity contribution < 1.29 is 80.2 Å². The zero-order valence-electron chi connectivity index (χ0n) is 72.0.